The van der Waals surface area contributed by atoms with E-state index in [2.05, 4.69) is 45.0 Å². The van der Waals surface area contributed by atoms with Crippen molar-refractivity contribution >= 4 is 11.6 Å². The van der Waals surface area contributed by atoms with Crippen LogP contribution in [0.3, 0.4) is 0 Å². The number of hydrogen-bond acceptors (Lipinski definition) is 1. The van der Waals surface area contributed by atoms with E-state index in [9.17, 15) is 0 Å². The van der Waals surface area contributed by atoms with Gasteiger partial charge in [0.2, 0.25) is 0 Å². The van der Waals surface area contributed by atoms with Gasteiger partial charge in [-0.05, 0) is 34.2 Å². The van der Waals surface area contributed by atoms with Crippen molar-refractivity contribution in [1.29, 1.82) is 0 Å². The Bertz CT molecular complexity index is 552. The summed E-state index contributed by atoms with van der Waals surface area (Å²) < 4.78 is 0. The summed E-state index contributed by atoms with van der Waals surface area (Å²) in [6.07, 6.45) is 0. The summed E-state index contributed by atoms with van der Waals surface area (Å²) in [7, 11) is 0. The fraction of sp³-hybridized carbons (Fsp3) is 0.294. The molecule has 2 heteroatoms. The molecule has 1 unspecified atom stereocenters. The van der Waals surface area contributed by atoms with Crippen LogP contribution in [-0.2, 0) is 5.41 Å². The van der Waals surface area contributed by atoms with Crippen LogP contribution >= 0.6 is 11.6 Å². The predicted octanol–water partition coefficient (Wildman–Crippen LogP) is 4.69. The molecule has 2 aromatic rings. The summed E-state index contributed by atoms with van der Waals surface area (Å²) in [5.41, 5.74) is 9.98. The molecule has 0 heterocycles. The van der Waals surface area contributed by atoms with Crippen molar-refractivity contribution in [3.63, 3.8) is 0 Å². The second kappa shape index (κ2) is 5.36. The molecule has 0 aliphatic rings. The van der Waals surface area contributed by atoms with E-state index in [1.54, 1.807) is 0 Å². The van der Waals surface area contributed by atoms with E-state index in [0.29, 0.717) is 0 Å². The van der Waals surface area contributed by atoms with E-state index in [4.69, 9.17) is 17.3 Å². The van der Waals surface area contributed by atoms with Gasteiger partial charge in [-0.15, -0.1) is 0 Å². The van der Waals surface area contributed by atoms with Crippen molar-refractivity contribution in [2.24, 2.45) is 5.73 Å². The summed E-state index contributed by atoms with van der Waals surface area (Å²) in [5, 5.41) is 0.736. The molecule has 0 saturated heterocycles. The van der Waals surface area contributed by atoms with Gasteiger partial charge in [0.1, 0.15) is 0 Å². The lowest BCUT2D eigenvalue weighted by Crippen LogP contribution is -2.15. The number of benzene rings is 2. The molecule has 0 fully saturated rings. The molecule has 0 spiro atoms. The summed E-state index contributed by atoms with van der Waals surface area (Å²) in [6.45, 7) is 6.62. The molecule has 2 rings (SSSR count). The second-order valence-electron chi connectivity index (χ2n) is 5.90. The van der Waals surface area contributed by atoms with Crippen LogP contribution in [0.4, 0.5) is 0 Å². The van der Waals surface area contributed by atoms with Crippen LogP contribution in [0, 0.1) is 0 Å². The van der Waals surface area contributed by atoms with Crippen molar-refractivity contribution < 1.29 is 0 Å². The fourth-order valence-corrected chi connectivity index (χ4v) is 2.19. The maximum Gasteiger partial charge on any atom is 0.0551 e. The predicted molar refractivity (Wildman–Crippen MR) is 82.6 cm³/mol. The average molecular weight is 274 g/mol. The first-order chi connectivity index (χ1) is 8.88. The van der Waals surface area contributed by atoms with Crippen LogP contribution in [0.15, 0.2) is 48.5 Å². The third-order valence-electron chi connectivity index (χ3n) is 3.34. The molecule has 0 radical (unpaired) electrons. The molecular formula is C17H20ClN. The van der Waals surface area contributed by atoms with Gasteiger partial charge >= 0.3 is 0 Å². The highest BCUT2D eigenvalue weighted by Crippen LogP contribution is 2.27. The molecule has 0 aromatic heterocycles. The summed E-state index contributed by atoms with van der Waals surface area (Å²) >= 11 is 5.91. The Morgan fingerprint density at radius 1 is 0.947 bits per heavy atom. The first-order valence-electron chi connectivity index (χ1n) is 6.49. The Hall–Kier alpha value is -1.31. The van der Waals surface area contributed by atoms with E-state index >= 15 is 0 Å². The van der Waals surface area contributed by atoms with Crippen LogP contribution < -0.4 is 5.73 Å². The molecule has 0 saturated carbocycles. The van der Waals surface area contributed by atoms with Gasteiger partial charge in [-0.3, -0.25) is 0 Å². The molecule has 1 nitrogen and oxygen atoms in total. The summed E-state index contributed by atoms with van der Waals surface area (Å²) in [6, 6.07) is 16.1. The quantitative estimate of drug-likeness (QED) is 0.844. The first-order valence-corrected chi connectivity index (χ1v) is 6.87. The van der Waals surface area contributed by atoms with Gasteiger partial charge in [-0.25, -0.2) is 0 Å². The van der Waals surface area contributed by atoms with Gasteiger partial charge in [0.05, 0.1) is 6.04 Å². The number of hydrogen-bond donors (Lipinski definition) is 1. The van der Waals surface area contributed by atoms with Crippen LogP contribution in [0.25, 0.3) is 0 Å². The largest absolute Gasteiger partial charge is 0.320 e. The molecule has 2 aromatic carbocycles. The monoisotopic (exact) mass is 273 g/mol. The van der Waals surface area contributed by atoms with E-state index in [0.717, 1.165) is 16.1 Å². The van der Waals surface area contributed by atoms with Gasteiger partial charge in [0, 0.05) is 5.02 Å². The van der Waals surface area contributed by atoms with Crippen molar-refractivity contribution in [3.8, 4) is 0 Å². The van der Waals surface area contributed by atoms with Crippen LogP contribution in [0.5, 0.6) is 0 Å². The van der Waals surface area contributed by atoms with Gasteiger partial charge in [0.15, 0.2) is 0 Å². The van der Waals surface area contributed by atoms with E-state index in [1.165, 1.54) is 5.56 Å². The molecule has 2 N–H and O–H groups in total. The highest BCUT2D eigenvalue weighted by atomic mass is 35.5. The third kappa shape index (κ3) is 3.37. The Balaban J connectivity index is 2.34. The van der Waals surface area contributed by atoms with E-state index < -0.39 is 0 Å². The van der Waals surface area contributed by atoms with Crippen molar-refractivity contribution in [3.05, 3.63) is 70.2 Å². The first kappa shape index (κ1) is 14.1. The third-order valence-corrected chi connectivity index (χ3v) is 3.59. The normalized spacial score (nSPS) is 13.3. The molecule has 1 atom stereocenters. The Labute approximate surface area is 120 Å². The maximum atomic E-state index is 6.34. The minimum absolute atomic E-state index is 0.112. The SMILES string of the molecule is CC(C)(C)c1cccc(C(N)c2ccc(Cl)cc2)c1. The molecule has 0 aliphatic carbocycles. The summed E-state index contributed by atoms with van der Waals surface area (Å²) in [5.74, 6) is 0. The standard InChI is InChI=1S/C17H20ClN/c1-17(2,3)14-6-4-5-13(11-14)16(19)12-7-9-15(18)10-8-12/h4-11,16H,19H2,1-3H3. The Kier molecular flexibility index (Phi) is 3.98. The van der Waals surface area contributed by atoms with Gasteiger partial charge < -0.3 is 5.73 Å². The Morgan fingerprint density at radius 2 is 1.58 bits per heavy atom. The fourth-order valence-electron chi connectivity index (χ4n) is 2.06. The van der Waals surface area contributed by atoms with E-state index in [-0.39, 0.29) is 11.5 Å². The van der Waals surface area contributed by atoms with E-state index in [1.807, 2.05) is 24.3 Å². The zero-order valence-electron chi connectivity index (χ0n) is 11.7. The molecule has 0 amide bonds. The number of rotatable bonds is 2. The highest BCUT2D eigenvalue weighted by Gasteiger charge is 2.16. The molecule has 100 valence electrons. The van der Waals surface area contributed by atoms with Crippen molar-refractivity contribution in [2.75, 3.05) is 0 Å². The average Bonchev–Trinajstić information content (AvgIpc) is 2.38. The molecule has 0 aliphatic heterocycles. The highest BCUT2D eigenvalue weighted by molar-refractivity contribution is 6.30. The lowest BCUT2D eigenvalue weighted by Gasteiger charge is -2.21. The van der Waals surface area contributed by atoms with Crippen LogP contribution in [0.2, 0.25) is 5.02 Å². The summed E-state index contributed by atoms with van der Waals surface area (Å²) in [4.78, 5) is 0. The minimum atomic E-state index is -0.112. The smallest absolute Gasteiger partial charge is 0.0551 e. The number of halogens is 1. The maximum absolute atomic E-state index is 6.34. The zero-order chi connectivity index (χ0) is 14.0. The Morgan fingerprint density at radius 3 is 2.16 bits per heavy atom. The zero-order valence-corrected chi connectivity index (χ0v) is 12.4. The topological polar surface area (TPSA) is 26.0 Å². The lowest BCUT2D eigenvalue weighted by atomic mass is 9.85. The molecular weight excluding hydrogens is 254 g/mol. The van der Waals surface area contributed by atoms with Crippen molar-refractivity contribution in [1.82, 2.24) is 0 Å². The minimum Gasteiger partial charge on any atom is -0.320 e. The lowest BCUT2D eigenvalue weighted by molar-refractivity contribution is 0.588. The molecule has 0 bridgehead atoms. The molecule has 19 heavy (non-hydrogen) atoms. The van der Waals surface area contributed by atoms with Crippen molar-refractivity contribution in [2.45, 2.75) is 32.2 Å². The van der Waals surface area contributed by atoms with Gasteiger partial charge in [-0.2, -0.15) is 0 Å². The number of nitrogens with two attached hydrogens (primary N) is 1. The van der Waals surface area contributed by atoms with Gasteiger partial charge in [-0.1, -0.05) is 68.8 Å². The van der Waals surface area contributed by atoms with Gasteiger partial charge in [0.25, 0.3) is 0 Å². The second-order valence-corrected chi connectivity index (χ2v) is 6.34. The van der Waals surface area contributed by atoms with Crippen LogP contribution in [-0.4, -0.2) is 0 Å². The van der Waals surface area contributed by atoms with Crippen LogP contribution in [0.1, 0.15) is 43.5 Å².